The summed E-state index contributed by atoms with van der Waals surface area (Å²) < 4.78 is 0. The van der Waals surface area contributed by atoms with E-state index in [0.29, 0.717) is 24.6 Å². The van der Waals surface area contributed by atoms with E-state index in [2.05, 4.69) is 15.0 Å². The third-order valence-electron chi connectivity index (χ3n) is 3.68. The molecule has 6 nitrogen and oxygen atoms in total. The molecule has 7 heteroatoms. The molecule has 1 atom stereocenters. The fourth-order valence-corrected chi connectivity index (χ4v) is 3.35. The molecule has 3 rings (SSSR count). The first kappa shape index (κ1) is 14.6. The van der Waals surface area contributed by atoms with Crippen LogP contribution in [0.4, 0.5) is 5.13 Å². The number of carbonyl (C=O) groups excluding carboxylic acids is 1. The summed E-state index contributed by atoms with van der Waals surface area (Å²) in [6.07, 6.45) is 0.415. The number of benzene rings is 1. The lowest BCUT2D eigenvalue weighted by Gasteiger charge is -2.12. The highest BCUT2D eigenvalue weighted by Crippen LogP contribution is 2.31. The van der Waals surface area contributed by atoms with Crippen molar-refractivity contribution in [3.05, 3.63) is 45.7 Å². The van der Waals surface area contributed by atoms with Crippen LogP contribution in [-0.2, 0) is 4.79 Å². The second-order valence-corrected chi connectivity index (χ2v) is 6.21. The lowest BCUT2D eigenvalue weighted by molar-refractivity contribution is -0.117. The summed E-state index contributed by atoms with van der Waals surface area (Å²) in [7, 11) is 0. The van der Waals surface area contributed by atoms with E-state index in [1.165, 1.54) is 16.9 Å². The smallest absolute Gasteiger partial charge is 0.229 e. The molecular formula is C15H15N5OS. The second-order valence-electron chi connectivity index (χ2n) is 5.37. The molecule has 1 saturated heterocycles. The minimum atomic E-state index is 0.0444. The summed E-state index contributed by atoms with van der Waals surface area (Å²) in [5, 5.41) is 6.24. The summed E-state index contributed by atoms with van der Waals surface area (Å²) in [6, 6.07) is 8.16. The minimum Gasteiger partial charge on any atom is -0.288 e. The van der Waals surface area contributed by atoms with Gasteiger partial charge in [-0.1, -0.05) is 34.9 Å². The van der Waals surface area contributed by atoms with Crippen molar-refractivity contribution in [2.24, 2.45) is 11.0 Å². The summed E-state index contributed by atoms with van der Waals surface area (Å²) in [6.45, 7) is 2.97. The number of hydrogen-bond acceptors (Lipinski definition) is 4. The molecule has 0 N–H and O–H groups in total. The van der Waals surface area contributed by atoms with Crippen LogP contribution in [0.1, 0.15) is 12.0 Å². The number of anilines is 1. The Morgan fingerprint density at radius 3 is 2.95 bits per heavy atom. The number of azide groups is 1. The first-order valence-corrected chi connectivity index (χ1v) is 7.89. The molecule has 0 bridgehead atoms. The number of aromatic nitrogens is 1. The Hall–Kier alpha value is -2.37. The average Bonchev–Trinajstić information content (AvgIpc) is 3.12. The molecule has 0 spiro atoms. The number of nitrogens with zero attached hydrogens (tertiary/aromatic N) is 5. The molecule has 0 radical (unpaired) electrons. The van der Waals surface area contributed by atoms with Crippen molar-refractivity contribution in [1.29, 1.82) is 0 Å². The Labute approximate surface area is 132 Å². The number of carbonyl (C=O) groups is 1. The van der Waals surface area contributed by atoms with Gasteiger partial charge in [0.25, 0.3) is 0 Å². The highest BCUT2D eigenvalue weighted by Gasteiger charge is 2.31. The van der Waals surface area contributed by atoms with E-state index in [4.69, 9.17) is 5.53 Å². The van der Waals surface area contributed by atoms with E-state index in [0.717, 1.165) is 11.3 Å². The normalized spacial score (nSPS) is 17.6. The molecular weight excluding hydrogens is 298 g/mol. The number of thiazole rings is 1. The van der Waals surface area contributed by atoms with Crippen LogP contribution in [0.3, 0.4) is 0 Å². The van der Waals surface area contributed by atoms with Crippen molar-refractivity contribution in [2.75, 3.05) is 18.0 Å². The third kappa shape index (κ3) is 2.95. The second kappa shape index (κ2) is 6.17. The van der Waals surface area contributed by atoms with Gasteiger partial charge >= 0.3 is 0 Å². The molecule has 2 heterocycles. The summed E-state index contributed by atoms with van der Waals surface area (Å²) >= 11 is 1.47. The van der Waals surface area contributed by atoms with Crippen LogP contribution in [0.15, 0.2) is 34.8 Å². The standard InChI is InChI=1S/C15H15N5OS/c1-10-2-4-12(5-3-10)13-9-22-15(18-13)20-8-11(6-14(20)21)7-17-19-16/h2-5,9,11H,6-8H2,1H3. The predicted molar refractivity (Wildman–Crippen MR) is 86.8 cm³/mol. The van der Waals surface area contributed by atoms with E-state index in [1.807, 2.05) is 36.6 Å². The molecule has 1 aliphatic rings. The van der Waals surface area contributed by atoms with Gasteiger partial charge < -0.3 is 0 Å². The zero-order valence-corrected chi connectivity index (χ0v) is 13.0. The van der Waals surface area contributed by atoms with Gasteiger partial charge in [-0.05, 0) is 18.4 Å². The lowest BCUT2D eigenvalue weighted by atomic mass is 10.1. The molecule has 112 valence electrons. The van der Waals surface area contributed by atoms with Crippen LogP contribution in [0.2, 0.25) is 0 Å². The van der Waals surface area contributed by atoms with Crippen LogP contribution in [0.25, 0.3) is 21.7 Å². The van der Waals surface area contributed by atoms with Gasteiger partial charge in [0.2, 0.25) is 5.91 Å². The molecule has 2 aromatic rings. The van der Waals surface area contributed by atoms with Crippen LogP contribution in [0.5, 0.6) is 0 Å². The number of aryl methyl sites for hydroxylation is 1. The van der Waals surface area contributed by atoms with Gasteiger partial charge in [0.15, 0.2) is 5.13 Å². The highest BCUT2D eigenvalue weighted by atomic mass is 32.1. The van der Waals surface area contributed by atoms with Crippen LogP contribution in [-0.4, -0.2) is 24.0 Å². The zero-order valence-electron chi connectivity index (χ0n) is 12.1. The molecule has 1 aliphatic heterocycles. The molecule has 0 saturated carbocycles. The predicted octanol–water partition coefficient (Wildman–Crippen LogP) is 3.78. The Morgan fingerprint density at radius 2 is 2.23 bits per heavy atom. The van der Waals surface area contributed by atoms with Gasteiger partial charge in [-0.25, -0.2) is 4.98 Å². The van der Waals surface area contributed by atoms with Crippen molar-refractivity contribution in [3.8, 4) is 11.3 Å². The molecule has 1 fully saturated rings. The Balaban J connectivity index is 1.77. The van der Waals surface area contributed by atoms with Crippen molar-refractivity contribution >= 4 is 22.4 Å². The van der Waals surface area contributed by atoms with E-state index in [9.17, 15) is 4.79 Å². The maximum Gasteiger partial charge on any atom is 0.229 e. The molecule has 1 amide bonds. The molecule has 22 heavy (non-hydrogen) atoms. The molecule has 1 unspecified atom stereocenters. The Kier molecular flexibility index (Phi) is 4.09. The zero-order chi connectivity index (χ0) is 15.5. The monoisotopic (exact) mass is 313 g/mol. The Bertz CT molecular complexity index is 733. The summed E-state index contributed by atoms with van der Waals surface area (Å²) in [4.78, 5) is 21.1. The lowest BCUT2D eigenvalue weighted by Crippen LogP contribution is -2.24. The van der Waals surface area contributed by atoms with E-state index >= 15 is 0 Å². The third-order valence-corrected chi connectivity index (χ3v) is 4.54. The van der Waals surface area contributed by atoms with E-state index in [-0.39, 0.29) is 11.8 Å². The minimum absolute atomic E-state index is 0.0444. The van der Waals surface area contributed by atoms with Gasteiger partial charge in [0.05, 0.1) is 5.69 Å². The van der Waals surface area contributed by atoms with Gasteiger partial charge in [-0.15, -0.1) is 11.3 Å². The van der Waals surface area contributed by atoms with Gasteiger partial charge in [-0.2, -0.15) is 0 Å². The number of hydrogen-bond donors (Lipinski definition) is 0. The number of amides is 1. The van der Waals surface area contributed by atoms with Gasteiger partial charge in [0, 0.05) is 35.4 Å². The fourth-order valence-electron chi connectivity index (χ4n) is 2.49. The summed E-state index contributed by atoms with van der Waals surface area (Å²) in [5.41, 5.74) is 11.5. The molecule has 1 aromatic carbocycles. The fraction of sp³-hybridized carbons (Fsp3) is 0.333. The molecule has 1 aromatic heterocycles. The summed E-state index contributed by atoms with van der Waals surface area (Å²) in [5.74, 6) is 0.123. The van der Waals surface area contributed by atoms with E-state index in [1.54, 1.807) is 4.90 Å². The topological polar surface area (TPSA) is 82.0 Å². The van der Waals surface area contributed by atoms with Crippen LogP contribution < -0.4 is 4.90 Å². The van der Waals surface area contributed by atoms with E-state index < -0.39 is 0 Å². The van der Waals surface area contributed by atoms with Crippen molar-refractivity contribution in [1.82, 2.24) is 4.98 Å². The Morgan fingerprint density at radius 1 is 1.45 bits per heavy atom. The average molecular weight is 313 g/mol. The highest BCUT2D eigenvalue weighted by molar-refractivity contribution is 7.14. The van der Waals surface area contributed by atoms with Crippen molar-refractivity contribution in [3.63, 3.8) is 0 Å². The number of rotatable bonds is 4. The maximum absolute atomic E-state index is 12.1. The molecule has 0 aliphatic carbocycles. The van der Waals surface area contributed by atoms with Gasteiger partial charge in [-0.3, -0.25) is 9.69 Å². The quantitative estimate of drug-likeness (QED) is 0.489. The van der Waals surface area contributed by atoms with Crippen molar-refractivity contribution < 1.29 is 4.79 Å². The maximum atomic E-state index is 12.1. The van der Waals surface area contributed by atoms with Gasteiger partial charge in [0.1, 0.15) is 0 Å². The van der Waals surface area contributed by atoms with Crippen molar-refractivity contribution in [2.45, 2.75) is 13.3 Å². The first-order chi connectivity index (χ1) is 10.7. The SMILES string of the molecule is Cc1ccc(-c2csc(N3CC(CN=[N+]=[N-])CC3=O)n2)cc1. The first-order valence-electron chi connectivity index (χ1n) is 7.01. The largest absolute Gasteiger partial charge is 0.288 e. The van der Waals surface area contributed by atoms with Crippen LogP contribution in [0, 0.1) is 12.8 Å². The van der Waals surface area contributed by atoms with Crippen LogP contribution >= 0.6 is 11.3 Å².